The first-order valence-electron chi connectivity index (χ1n) is 8.08. The number of aromatic nitrogens is 1. The van der Waals surface area contributed by atoms with Crippen LogP contribution >= 0.6 is 22.9 Å². The first-order chi connectivity index (χ1) is 12.1. The van der Waals surface area contributed by atoms with Crippen LogP contribution in [0.15, 0.2) is 29.6 Å². The van der Waals surface area contributed by atoms with Crippen LogP contribution in [0.4, 0.5) is 4.79 Å². The number of thiazole rings is 1. The average Bonchev–Trinajstić information content (AvgIpc) is 3.07. The Morgan fingerprint density at radius 2 is 1.84 bits per heavy atom. The van der Waals surface area contributed by atoms with Crippen LogP contribution in [0.25, 0.3) is 0 Å². The van der Waals surface area contributed by atoms with Crippen molar-refractivity contribution in [1.82, 2.24) is 20.9 Å². The summed E-state index contributed by atoms with van der Waals surface area (Å²) in [4.78, 5) is 28.1. The number of hydrogen-bond donors (Lipinski definition) is 3. The van der Waals surface area contributed by atoms with E-state index in [1.54, 1.807) is 35.6 Å². The molecule has 0 aliphatic heterocycles. The maximum Gasteiger partial charge on any atom is 0.314 e. The molecule has 0 aliphatic rings. The summed E-state index contributed by atoms with van der Waals surface area (Å²) in [6, 6.07) is 6.56. The van der Waals surface area contributed by atoms with Gasteiger partial charge in [-0.2, -0.15) is 0 Å². The predicted molar refractivity (Wildman–Crippen MR) is 100 cm³/mol. The van der Waals surface area contributed by atoms with E-state index >= 15 is 0 Å². The van der Waals surface area contributed by atoms with Gasteiger partial charge >= 0.3 is 6.03 Å². The van der Waals surface area contributed by atoms with Crippen molar-refractivity contribution in [3.8, 4) is 0 Å². The SMILES string of the molecule is CCc1csc(CCNC(=O)NCCNC(=O)c2ccccc2Cl)n1. The average molecular weight is 381 g/mol. The van der Waals surface area contributed by atoms with Crippen LogP contribution < -0.4 is 16.0 Å². The van der Waals surface area contributed by atoms with Crippen LogP contribution in [-0.4, -0.2) is 36.6 Å². The standard InChI is InChI=1S/C17H21ClN4O2S/c1-2-12-11-25-15(22-12)7-8-20-17(24)21-10-9-19-16(23)13-5-3-4-6-14(13)18/h3-6,11H,2,7-10H2,1H3,(H,19,23)(H2,20,21,24). The molecule has 0 bridgehead atoms. The summed E-state index contributed by atoms with van der Waals surface area (Å²) < 4.78 is 0. The summed E-state index contributed by atoms with van der Waals surface area (Å²) in [7, 11) is 0. The van der Waals surface area contributed by atoms with E-state index in [9.17, 15) is 9.59 Å². The molecule has 134 valence electrons. The van der Waals surface area contributed by atoms with Gasteiger partial charge in [-0.25, -0.2) is 9.78 Å². The second kappa shape index (κ2) is 10.0. The number of halogens is 1. The highest BCUT2D eigenvalue weighted by Gasteiger charge is 2.08. The lowest BCUT2D eigenvalue weighted by Gasteiger charge is -2.09. The Hall–Kier alpha value is -2.12. The van der Waals surface area contributed by atoms with E-state index in [0.717, 1.165) is 17.1 Å². The third kappa shape index (κ3) is 6.36. The minimum absolute atomic E-state index is 0.261. The van der Waals surface area contributed by atoms with Crippen molar-refractivity contribution in [2.75, 3.05) is 19.6 Å². The topological polar surface area (TPSA) is 83.1 Å². The largest absolute Gasteiger partial charge is 0.350 e. The molecule has 6 nitrogen and oxygen atoms in total. The van der Waals surface area contributed by atoms with Crippen molar-refractivity contribution in [2.45, 2.75) is 19.8 Å². The second-order valence-electron chi connectivity index (χ2n) is 5.25. The molecule has 0 spiro atoms. The van der Waals surface area contributed by atoms with Gasteiger partial charge in [-0.15, -0.1) is 11.3 Å². The van der Waals surface area contributed by atoms with Crippen molar-refractivity contribution in [3.63, 3.8) is 0 Å². The van der Waals surface area contributed by atoms with Gasteiger partial charge in [0.15, 0.2) is 0 Å². The molecular formula is C17H21ClN4O2S. The third-order valence-electron chi connectivity index (χ3n) is 3.40. The summed E-state index contributed by atoms with van der Waals surface area (Å²) in [5.41, 5.74) is 1.50. The molecule has 0 fully saturated rings. The van der Waals surface area contributed by atoms with Gasteiger partial charge in [0.05, 0.1) is 21.3 Å². The summed E-state index contributed by atoms with van der Waals surface area (Å²) in [6.45, 7) is 3.24. The molecule has 3 N–H and O–H groups in total. The van der Waals surface area contributed by atoms with Crippen molar-refractivity contribution in [3.05, 3.63) is 50.9 Å². The zero-order valence-electron chi connectivity index (χ0n) is 14.0. The minimum Gasteiger partial charge on any atom is -0.350 e. The summed E-state index contributed by atoms with van der Waals surface area (Å²) in [6.07, 6.45) is 1.63. The molecule has 0 saturated carbocycles. The third-order valence-corrected chi connectivity index (χ3v) is 4.69. The number of amides is 3. The number of carbonyl (C=O) groups excluding carboxylic acids is 2. The Morgan fingerprint density at radius 3 is 2.56 bits per heavy atom. The molecule has 2 aromatic rings. The molecule has 1 aromatic heterocycles. The molecule has 0 radical (unpaired) electrons. The van der Waals surface area contributed by atoms with E-state index < -0.39 is 0 Å². The maximum absolute atomic E-state index is 11.9. The highest BCUT2D eigenvalue weighted by Crippen LogP contribution is 2.14. The highest BCUT2D eigenvalue weighted by atomic mass is 35.5. The number of benzene rings is 1. The van der Waals surface area contributed by atoms with Gasteiger partial charge in [-0.05, 0) is 18.6 Å². The van der Waals surface area contributed by atoms with Crippen molar-refractivity contribution >= 4 is 34.9 Å². The molecule has 1 heterocycles. The van der Waals surface area contributed by atoms with E-state index in [1.807, 2.05) is 5.38 Å². The fourth-order valence-corrected chi connectivity index (χ4v) is 3.17. The lowest BCUT2D eigenvalue weighted by Crippen LogP contribution is -2.40. The Kier molecular flexibility index (Phi) is 7.69. The van der Waals surface area contributed by atoms with Gasteiger partial charge in [0.25, 0.3) is 5.91 Å². The predicted octanol–water partition coefficient (Wildman–Crippen LogP) is 2.63. The van der Waals surface area contributed by atoms with Gasteiger partial charge in [0.2, 0.25) is 0 Å². The van der Waals surface area contributed by atoms with Gasteiger partial charge < -0.3 is 16.0 Å². The molecular weight excluding hydrogens is 360 g/mol. The molecule has 25 heavy (non-hydrogen) atoms. The van der Waals surface area contributed by atoms with E-state index in [0.29, 0.717) is 36.6 Å². The van der Waals surface area contributed by atoms with Crippen LogP contribution in [0.1, 0.15) is 28.0 Å². The zero-order valence-corrected chi connectivity index (χ0v) is 15.5. The lowest BCUT2D eigenvalue weighted by molar-refractivity contribution is 0.0954. The first-order valence-corrected chi connectivity index (χ1v) is 9.33. The monoisotopic (exact) mass is 380 g/mol. The molecule has 0 atom stereocenters. The number of urea groups is 1. The number of rotatable bonds is 8. The minimum atomic E-state index is -0.265. The maximum atomic E-state index is 11.9. The van der Waals surface area contributed by atoms with Crippen molar-refractivity contribution < 1.29 is 9.59 Å². The molecule has 3 amide bonds. The lowest BCUT2D eigenvalue weighted by atomic mass is 10.2. The Labute approximate surface area is 156 Å². The Balaban J connectivity index is 1.59. The quantitative estimate of drug-likeness (QED) is 0.615. The van der Waals surface area contributed by atoms with Gasteiger partial charge in [-0.3, -0.25) is 4.79 Å². The van der Waals surface area contributed by atoms with E-state index in [2.05, 4.69) is 27.9 Å². The van der Waals surface area contributed by atoms with E-state index in [-0.39, 0.29) is 11.9 Å². The number of carbonyl (C=O) groups is 2. The molecule has 8 heteroatoms. The van der Waals surface area contributed by atoms with Crippen LogP contribution in [-0.2, 0) is 12.8 Å². The van der Waals surface area contributed by atoms with Gasteiger partial charge in [0, 0.05) is 31.4 Å². The second-order valence-corrected chi connectivity index (χ2v) is 6.60. The number of nitrogens with one attached hydrogen (secondary N) is 3. The Bertz CT molecular complexity index is 720. The number of hydrogen-bond acceptors (Lipinski definition) is 4. The fraction of sp³-hybridized carbons (Fsp3) is 0.353. The highest BCUT2D eigenvalue weighted by molar-refractivity contribution is 7.09. The van der Waals surface area contributed by atoms with Gasteiger partial charge in [-0.1, -0.05) is 30.7 Å². The number of nitrogens with zero attached hydrogens (tertiary/aromatic N) is 1. The van der Waals surface area contributed by atoms with Crippen LogP contribution in [0, 0.1) is 0 Å². The summed E-state index contributed by atoms with van der Waals surface area (Å²) >= 11 is 7.56. The fourth-order valence-electron chi connectivity index (χ4n) is 2.06. The summed E-state index contributed by atoms with van der Waals surface area (Å²) in [5.74, 6) is -0.261. The van der Waals surface area contributed by atoms with Gasteiger partial charge in [0.1, 0.15) is 0 Å². The molecule has 1 aromatic carbocycles. The zero-order chi connectivity index (χ0) is 18.1. The molecule has 0 saturated heterocycles. The molecule has 2 rings (SSSR count). The van der Waals surface area contributed by atoms with Crippen LogP contribution in [0.3, 0.4) is 0 Å². The van der Waals surface area contributed by atoms with Crippen molar-refractivity contribution in [2.24, 2.45) is 0 Å². The van der Waals surface area contributed by atoms with Crippen molar-refractivity contribution in [1.29, 1.82) is 0 Å². The van der Waals surface area contributed by atoms with Crippen LogP contribution in [0.5, 0.6) is 0 Å². The molecule has 0 unspecified atom stereocenters. The van der Waals surface area contributed by atoms with Crippen LogP contribution in [0.2, 0.25) is 5.02 Å². The van der Waals surface area contributed by atoms with E-state index in [1.165, 1.54) is 0 Å². The Morgan fingerprint density at radius 1 is 1.12 bits per heavy atom. The molecule has 0 aliphatic carbocycles. The summed E-state index contributed by atoms with van der Waals surface area (Å²) in [5, 5.41) is 11.6. The number of aryl methyl sites for hydroxylation is 1. The smallest absolute Gasteiger partial charge is 0.314 e. The normalized spacial score (nSPS) is 10.3. The van der Waals surface area contributed by atoms with E-state index in [4.69, 9.17) is 11.6 Å². The first kappa shape index (κ1) is 19.2.